The Morgan fingerprint density at radius 2 is 2.08 bits per heavy atom. The molecule has 4 rings (SSSR count). The maximum Gasteiger partial charge on any atom is 0.163 e. The number of anilines is 1. The number of H-pyrrole nitrogens is 1. The highest BCUT2D eigenvalue weighted by Crippen LogP contribution is 2.31. The number of rotatable bonds is 3. The van der Waals surface area contributed by atoms with Gasteiger partial charge < -0.3 is 15.4 Å². The third-order valence-electron chi connectivity index (χ3n) is 4.41. The van der Waals surface area contributed by atoms with E-state index < -0.39 is 0 Å². The minimum absolute atomic E-state index is 0.0395. The van der Waals surface area contributed by atoms with Crippen molar-refractivity contribution in [3.63, 3.8) is 0 Å². The van der Waals surface area contributed by atoms with Gasteiger partial charge in [-0.05, 0) is 37.8 Å². The maximum absolute atomic E-state index is 9.87. The van der Waals surface area contributed by atoms with E-state index in [9.17, 15) is 5.11 Å². The van der Waals surface area contributed by atoms with Gasteiger partial charge in [-0.3, -0.25) is 0 Å². The monoisotopic (exact) mass is 342 g/mol. The van der Waals surface area contributed by atoms with Crippen LogP contribution in [-0.2, 0) is 0 Å². The van der Waals surface area contributed by atoms with Crippen molar-refractivity contribution in [2.24, 2.45) is 5.92 Å². The first-order chi connectivity index (χ1) is 11.6. The Morgan fingerprint density at radius 3 is 2.83 bits per heavy atom. The van der Waals surface area contributed by atoms with Gasteiger partial charge in [0, 0.05) is 11.6 Å². The average molecular weight is 343 g/mol. The number of halogens is 1. The van der Waals surface area contributed by atoms with E-state index in [4.69, 9.17) is 11.6 Å². The molecule has 7 heteroatoms. The molecule has 2 heterocycles. The molecule has 3 aromatic rings. The van der Waals surface area contributed by atoms with Gasteiger partial charge in [-0.15, -0.1) is 0 Å². The molecule has 1 saturated carbocycles. The summed E-state index contributed by atoms with van der Waals surface area (Å²) in [5.74, 6) is 1.35. The summed E-state index contributed by atoms with van der Waals surface area (Å²) < 4.78 is 0. The van der Waals surface area contributed by atoms with Crippen molar-refractivity contribution < 1.29 is 5.11 Å². The van der Waals surface area contributed by atoms with Crippen LogP contribution in [0, 0.1) is 12.8 Å². The summed E-state index contributed by atoms with van der Waals surface area (Å²) in [5.41, 5.74) is 2.12. The topological polar surface area (TPSA) is 86.7 Å². The first kappa shape index (κ1) is 15.4. The number of aliphatic hydroxyl groups is 1. The molecule has 1 aromatic carbocycles. The third-order valence-corrected chi connectivity index (χ3v) is 4.74. The molecule has 0 amide bonds. The average Bonchev–Trinajstić information content (AvgIpc) is 3.12. The van der Waals surface area contributed by atoms with E-state index in [1.54, 1.807) is 0 Å². The van der Waals surface area contributed by atoms with E-state index in [0.29, 0.717) is 34.2 Å². The molecule has 123 valence electrons. The lowest BCUT2D eigenvalue weighted by molar-refractivity contribution is 0.151. The number of hydrogen-bond acceptors (Lipinski definition) is 5. The number of nitrogens with one attached hydrogen (secondary N) is 2. The summed E-state index contributed by atoms with van der Waals surface area (Å²) >= 11 is 6.25. The number of aromatic nitrogens is 4. The van der Waals surface area contributed by atoms with Gasteiger partial charge >= 0.3 is 0 Å². The van der Waals surface area contributed by atoms with Crippen molar-refractivity contribution >= 4 is 28.6 Å². The fourth-order valence-electron chi connectivity index (χ4n) is 3.13. The number of fused-ring (bicyclic) bond motifs is 1. The van der Waals surface area contributed by atoms with Gasteiger partial charge in [0.05, 0.1) is 11.1 Å². The molecule has 24 heavy (non-hydrogen) atoms. The lowest BCUT2D eigenvalue weighted by Crippen LogP contribution is -2.17. The summed E-state index contributed by atoms with van der Waals surface area (Å²) in [4.78, 5) is 16.4. The second kappa shape index (κ2) is 6.03. The van der Waals surface area contributed by atoms with Crippen LogP contribution in [0.3, 0.4) is 0 Å². The van der Waals surface area contributed by atoms with Crippen LogP contribution in [0.5, 0.6) is 0 Å². The van der Waals surface area contributed by atoms with Crippen molar-refractivity contribution in [3.05, 3.63) is 42.5 Å². The molecule has 1 fully saturated rings. The van der Waals surface area contributed by atoms with Crippen molar-refractivity contribution in [1.82, 2.24) is 19.9 Å². The van der Waals surface area contributed by atoms with Crippen LogP contribution in [0.25, 0.3) is 22.6 Å². The lowest BCUT2D eigenvalue weighted by Gasteiger charge is -2.12. The van der Waals surface area contributed by atoms with Crippen LogP contribution in [-0.4, -0.2) is 37.2 Å². The highest BCUT2D eigenvalue weighted by atomic mass is 35.5. The van der Waals surface area contributed by atoms with Gasteiger partial charge in [0.1, 0.15) is 12.2 Å². The second-order valence-electron chi connectivity index (χ2n) is 6.12. The Balaban J connectivity index is 1.69. The van der Waals surface area contributed by atoms with Gasteiger partial charge in [-0.25, -0.2) is 15.0 Å². The number of hydrogen-bond donors (Lipinski definition) is 3. The third kappa shape index (κ3) is 2.72. The predicted molar refractivity (Wildman–Crippen MR) is 93.6 cm³/mol. The lowest BCUT2D eigenvalue weighted by atomic mass is 10.1. The molecular formula is C17H17ClN5O. The minimum atomic E-state index is -0.377. The van der Waals surface area contributed by atoms with E-state index in [1.807, 2.05) is 24.3 Å². The standard InChI is InChI=1S/C17H17ClN5O/c1-9-6-10(7-13(9)24)21-16-14-17(20-8-19-16)23-15(22-14)11-4-2-3-5-12(11)18/h2-5,8-10,13,24H,1,6-7H2,(H2,19,20,21,22,23)/t9-,10+,13-/m0/s1. The van der Waals surface area contributed by atoms with Gasteiger partial charge in [0.25, 0.3) is 0 Å². The van der Waals surface area contributed by atoms with Crippen molar-refractivity contribution in [2.75, 3.05) is 5.32 Å². The largest absolute Gasteiger partial charge is 0.393 e. The van der Waals surface area contributed by atoms with E-state index in [-0.39, 0.29) is 18.1 Å². The molecule has 0 bridgehead atoms. The van der Waals surface area contributed by atoms with Crippen LogP contribution in [0.15, 0.2) is 30.6 Å². The van der Waals surface area contributed by atoms with Crippen LogP contribution in [0.1, 0.15) is 12.8 Å². The smallest absolute Gasteiger partial charge is 0.163 e. The SMILES string of the molecule is [CH2][C@H]1C[C@@H](Nc2ncnc3[nH]c(-c4ccccc4Cl)nc23)C[C@@H]1O. The summed E-state index contributed by atoms with van der Waals surface area (Å²) in [6, 6.07) is 7.64. The number of imidazole rings is 1. The predicted octanol–water partition coefficient (Wildman–Crippen LogP) is 3.06. The van der Waals surface area contributed by atoms with Crippen LogP contribution < -0.4 is 5.32 Å². The Kier molecular flexibility index (Phi) is 3.86. The molecule has 3 N–H and O–H groups in total. The van der Waals surface area contributed by atoms with Crippen molar-refractivity contribution in [1.29, 1.82) is 0 Å². The quantitative estimate of drug-likeness (QED) is 0.681. The number of aromatic amines is 1. The fraction of sp³-hybridized carbons (Fsp3) is 0.294. The zero-order chi connectivity index (χ0) is 16.7. The summed E-state index contributed by atoms with van der Waals surface area (Å²) in [7, 11) is 0. The van der Waals surface area contributed by atoms with Gasteiger partial charge in [0.2, 0.25) is 0 Å². The molecule has 0 spiro atoms. The van der Waals surface area contributed by atoms with E-state index in [2.05, 4.69) is 32.2 Å². The maximum atomic E-state index is 9.87. The van der Waals surface area contributed by atoms with E-state index in [1.165, 1.54) is 6.33 Å². The zero-order valence-corrected chi connectivity index (χ0v) is 13.7. The zero-order valence-electron chi connectivity index (χ0n) is 12.9. The number of aliphatic hydroxyl groups excluding tert-OH is 1. The molecule has 2 aromatic heterocycles. The minimum Gasteiger partial charge on any atom is -0.393 e. The molecule has 0 aliphatic heterocycles. The summed E-state index contributed by atoms with van der Waals surface area (Å²) in [5, 5.41) is 13.9. The van der Waals surface area contributed by atoms with Crippen LogP contribution in [0.4, 0.5) is 5.82 Å². The molecule has 6 nitrogen and oxygen atoms in total. The Labute approximate surface area is 144 Å². The second-order valence-corrected chi connectivity index (χ2v) is 6.53. The summed E-state index contributed by atoms with van der Waals surface area (Å²) in [6.07, 6.45) is 2.57. The number of benzene rings is 1. The Morgan fingerprint density at radius 1 is 1.25 bits per heavy atom. The normalized spacial score (nSPS) is 23.7. The highest BCUT2D eigenvalue weighted by molar-refractivity contribution is 6.33. The fourth-order valence-corrected chi connectivity index (χ4v) is 3.35. The van der Waals surface area contributed by atoms with Gasteiger partial charge in [-0.1, -0.05) is 23.7 Å². The molecule has 1 radical (unpaired) electrons. The van der Waals surface area contributed by atoms with Gasteiger partial charge in [0.15, 0.2) is 17.0 Å². The first-order valence-electron chi connectivity index (χ1n) is 7.85. The molecule has 3 atom stereocenters. The van der Waals surface area contributed by atoms with Crippen molar-refractivity contribution in [3.8, 4) is 11.4 Å². The Bertz CT molecular complexity index is 870. The van der Waals surface area contributed by atoms with Crippen LogP contribution in [0.2, 0.25) is 5.02 Å². The van der Waals surface area contributed by atoms with Crippen molar-refractivity contribution in [2.45, 2.75) is 25.0 Å². The Hall–Kier alpha value is -2.18. The molecule has 0 unspecified atom stereocenters. The molecule has 0 saturated heterocycles. The molecule has 1 aliphatic carbocycles. The van der Waals surface area contributed by atoms with E-state index in [0.717, 1.165) is 12.0 Å². The first-order valence-corrected chi connectivity index (χ1v) is 8.23. The highest BCUT2D eigenvalue weighted by Gasteiger charge is 2.30. The summed E-state index contributed by atoms with van der Waals surface area (Å²) in [6.45, 7) is 3.97. The molecular weight excluding hydrogens is 326 g/mol. The van der Waals surface area contributed by atoms with Crippen LogP contribution >= 0.6 is 11.6 Å². The van der Waals surface area contributed by atoms with E-state index >= 15 is 0 Å². The van der Waals surface area contributed by atoms with Gasteiger partial charge in [-0.2, -0.15) is 0 Å². The molecule has 1 aliphatic rings. The number of nitrogens with zero attached hydrogens (tertiary/aromatic N) is 3.